The molecule has 236 valence electrons. The quantitative estimate of drug-likeness (QED) is 0.183. The van der Waals surface area contributed by atoms with Gasteiger partial charge < -0.3 is 11.1 Å². The van der Waals surface area contributed by atoms with Crippen molar-refractivity contribution in [3.8, 4) is 11.1 Å². The van der Waals surface area contributed by atoms with Gasteiger partial charge >= 0.3 is 0 Å². The fourth-order valence-corrected chi connectivity index (χ4v) is 6.00. The third-order valence-electron chi connectivity index (χ3n) is 8.24. The molecule has 0 unspecified atom stereocenters. The van der Waals surface area contributed by atoms with Crippen LogP contribution in [0.15, 0.2) is 60.1 Å². The molecule has 2 aromatic heterocycles. The summed E-state index contributed by atoms with van der Waals surface area (Å²) in [5.41, 5.74) is 6.07. The minimum Gasteiger partial charge on any atom is -0.366 e. The van der Waals surface area contributed by atoms with Crippen molar-refractivity contribution in [2.45, 2.75) is 57.5 Å². The van der Waals surface area contributed by atoms with E-state index in [0.717, 1.165) is 22.9 Å². The van der Waals surface area contributed by atoms with E-state index in [1.54, 1.807) is 19.1 Å². The van der Waals surface area contributed by atoms with Gasteiger partial charge in [0.15, 0.2) is 5.78 Å². The van der Waals surface area contributed by atoms with Gasteiger partial charge in [0.05, 0.1) is 28.6 Å². The number of carbonyl (C=O) groups is 3. The second-order valence-corrected chi connectivity index (χ2v) is 11.1. The zero-order valence-electron chi connectivity index (χ0n) is 24.2. The Kier molecular flexibility index (Phi) is 9.26. The summed E-state index contributed by atoms with van der Waals surface area (Å²) >= 11 is 0. The number of nitrogens with one attached hydrogen (secondary N) is 1. The number of pyridine rings is 1. The van der Waals surface area contributed by atoms with Gasteiger partial charge in [-0.05, 0) is 61.6 Å². The zero-order valence-corrected chi connectivity index (χ0v) is 24.2. The topological polar surface area (TPSA) is 120 Å². The van der Waals surface area contributed by atoms with E-state index < -0.39 is 54.8 Å². The molecule has 3 aliphatic rings. The average molecular weight is 628 g/mol. The number of carbonyl (C=O) groups excluding carboxylic acids is 3. The van der Waals surface area contributed by atoms with Gasteiger partial charge in [0.2, 0.25) is 5.91 Å². The minimum absolute atomic E-state index is 0.00591. The lowest BCUT2D eigenvalue weighted by Crippen LogP contribution is -2.39. The molecule has 8 nitrogen and oxygen atoms in total. The molecule has 2 heterocycles. The number of nitrogens with zero attached hydrogens (tertiary/aromatic N) is 3. The van der Waals surface area contributed by atoms with Crippen molar-refractivity contribution < 1.29 is 36.3 Å². The number of amides is 2. The van der Waals surface area contributed by atoms with Gasteiger partial charge in [0.25, 0.3) is 12.3 Å². The average Bonchev–Trinajstić information content (AvgIpc) is 3.36. The number of hydrogen-bond donors (Lipinski definition) is 2. The second-order valence-electron chi connectivity index (χ2n) is 11.1. The number of ketones is 1. The van der Waals surface area contributed by atoms with Gasteiger partial charge in [-0.15, -0.1) is 0 Å². The van der Waals surface area contributed by atoms with Gasteiger partial charge in [-0.2, -0.15) is 5.10 Å². The maximum Gasteiger partial charge on any atom is 0.282 e. The molecule has 1 saturated carbocycles. The second kappa shape index (κ2) is 13.1. The Bertz CT molecular complexity index is 1710. The van der Waals surface area contributed by atoms with E-state index in [0.29, 0.717) is 41.7 Å². The van der Waals surface area contributed by atoms with E-state index in [1.807, 2.05) is 0 Å². The first-order valence-electron chi connectivity index (χ1n) is 14.4. The molecule has 0 saturated heterocycles. The maximum absolute atomic E-state index is 14.3. The molecule has 6 rings (SSSR count). The molecule has 3 N–H and O–H groups in total. The highest BCUT2D eigenvalue weighted by atomic mass is 19.3. The van der Waals surface area contributed by atoms with Crippen molar-refractivity contribution in [3.63, 3.8) is 0 Å². The Balaban J connectivity index is 1.52. The van der Waals surface area contributed by atoms with Crippen LogP contribution in [0.5, 0.6) is 0 Å². The lowest BCUT2D eigenvalue weighted by atomic mass is 9.63. The molecule has 2 bridgehead atoms. The Morgan fingerprint density at radius 1 is 1.18 bits per heavy atom. The highest BCUT2D eigenvalue weighted by Crippen LogP contribution is 2.51. The van der Waals surface area contributed by atoms with Crippen molar-refractivity contribution in [3.05, 3.63) is 94.1 Å². The third-order valence-corrected chi connectivity index (χ3v) is 8.24. The van der Waals surface area contributed by atoms with Crippen LogP contribution < -0.4 is 11.1 Å². The molecule has 0 radical (unpaired) electrons. The number of alkyl halides is 3. The summed E-state index contributed by atoms with van der Waals surface area (Å²) < 4.78 is 70.2. The summed E-state index contributed by atoms with van der Waals surface area (Å²) in [7, 11) is 0. The van der Waals surface area contributed by atoms with Gasteiger partial charge in [-0.3, -0.25) is 24.0 Å². The summed E-state index contributed by atoms with van der Waals surface area (Å²) in [6.07, 6.45) is 1.71. The number of rotatable bonds is 12. The van der Waals surface area contributed by atoms with Gasteiger partial charge in [-0.25, -0.2) is 22.0 Å². The van der Waals surface area contributed by atoms with E-state index in [4.69, 9.17) is 5.73 Å². The number of nitrogens with two attached hydrogens (primary N) is 1. The number of hydrogen-bond acceptors (Lipinski definition) is 5. The standard InChI is InChI=1S/C32H30F5N5O3/c1-2-16(10-20(34)7-8-33)11-24(27-21(4-3-9-39-27)17-5-6-23(35)22(14-17)32(38)45)40-25(43)15-42-29-18-12-19(13-18)30(44)26(29)28(41-42)31(36)37/h3-7,9-10,14,18-19,24,31H,2,8,11-13,15H2,1H3,(H2,38,45)(H,40,43)/b16-10+,20-7+/t18?,19?,24-/m0/s1. The van der Waals surface area contributed by atoms with Crippen molar-refractivity contribution >= 4 is 17.6 Å². The van der Waals surface area contributed by atoms with E-state index >= 15 is 0 Å². The number of halogens is 5. The summed E-state index contributed by atoms with van der Waals surface area (Å²) in [6, 6.07) is 6.01. The van der Waals surface area contributed by atoms with E-state index in [2.05, 4.69) is 15.4 Å². The number of benzene rings is 1. The molecule has 45 heavy (non-hydrogen) atoms. The monoisotopic (exact) mass is 627 g/mol. The van der Waals surface area contributed by atoms with Crippen molar-refractivity contribution in [1.29, 1.82) is 0 Å². The number of allylic oxidation sites excluding steroid dienone is 3. The molecule has 1 fully saturated rings. The van der Waals surface area contributed by atoms with Gasteiger partial charge in [0.1, 0.15) is 30.6 Å². The van der Waals surface area contributed by atoms with Crippen molar-refractivity contribution in [1.82, 2.24) is 20.1 Å². The summed E-state index contributed by atoms with van der Waals surface area (Å²) in [6.45, 7) is 0.248. The first-order valence-corrected chi connectivity index (χ1v) is 14.4. The Morgan fingerprint density at radius 3 is 2.60 bits per heavy atom. The number of aromatic nitrogens is 3. The molecule has 3 aromatic rings. The Hall–Kier alpha value is -4.68. The molecule has 1 atom stereocenters. The van der Waals surface area contributed by atoms with Crippen LogP contribution >= 0.6 is 0 Å². The predicted molar refractivity (Wildman–Crippen MR) is 154 cm³/mol. The molecule has 13 heteroatoms. The predicted octanol–water partition coefficient (Wildman–Crippen LogP) is 6.22. The molecular weight excluding hydrogens is 597 g/mol. The third kappa shape index (κ3) is 6.43. The number of Topliss-reactive ketones (excluding diaryl/α,β-unsaturated/α-hetero) is 1. The summed E-state index contributed by atoms with van der Waals surface area (Å²) in [5.74, 6) is -4.13. The first-order chi connectivity index (χ1) is 21.5. The zero-order chi connectivity index (χ0) is 32.4. The molecule has 2 amide bonds. The van der Waals surface area contributed by atoms with Gasteiger partial charge in [0, 0.05) is 23.6 Å². The van der Waals surface area contributed by atoms with E-state index in [1.165, 1.54) is 18.3 Å². The molecular formula is C32H30F5N5O3. The Morgan fingerprint density at radius 2 is 1.93 bits per heavy atom. The van der Waals surface area contributed by atoms with Crippen LogP contribution in [0.25, 0.3) is 11.1 Å². The van der Waals surface area contributed by atoms with E-state index in [-0.39, 0.29) is 40.9 Å². The fraction of sp³-hybridized carbons (Fsp3) is 0.344. The normalized spacial score (nSPS) is 18.4. The lowest BCUT2D eigenvalue weighted by Gasteiger charge is -2.40. The lowest BCUT2D eigenvalue weighted by molar-refractivity contribution is -0.122. The van der Waals surface area contributed by atoms with E-state index in [9.17, 15) is 36.3 Å². The highest BCUT2D eigenvalue weighted by Gasteiger charge is 2.48. The Labute approximate surface area is 255 Å². The SMILES string of the molecule is CC/C(=C\C(F)=C/CF)C[C@H](NC(=O)Cn1nc(C(F)F)c2c1C1CC(C1)C2=O)c1ncccc1-c1ccc(F)c(C(N)=O)c1. The highest BCUT2D eigenvalue weighted by molar-refractivity contribution is 6.03. The van der Waals surface area contributed by atoms with Crippen molar-refractivity contribution in [2.24, 2.45) is 11.7 Å². The number of primary amides is 1. The molecule has 3 aliphatic carbocycles. The maximum atomic E-state index is 14.3. The van der Waals surface area contributed by atoms with Crippen LogP contribution in [0.3, 0.4) is 0 Å². The molecule has 0 spiro atoms. The van der Waals surface area contributed by atoms with Crippen LogP contribution in [0.2, 0.25) is 0 Å². The van der Waals surface area contributed by atoms with Crippen LogP contribution in [-0.4, -0.2) is 39.0 Å². The summed E-state index contributed by atoms with van der Waals surface area (Å²) in [5, 5.41) is 6.80. The van der Waals surface area contributed by atoms with Crippen LogP contribution in [0.1, 0.15) is 88.8 Å². The largest absolute Gasteiger partial charge is 0.366 e. The van der Waals surface area contributed by atoms with Crippen LogP contribution in [-0.2, 0) is 11.3 Å². The fourth-order valence-electron chi connectivity index (χ4n) is 6.00. The first kappa shape index (κ1) is 31.7. The smallest absolute Gasteiger partial charge is 0.282 e. The summed E-state index contributed by atoms with van der Waals surface area (Å²) in [4.78, 5) is 42.6. The van der Waals surface area contributed by atoms with Crippen LogP contribution in [0, 0.1) is 11.7 Å². The molecule has 1 aromatic carbocycles. The molecule has 0 aliphatic heterocycles. The van der Waals surface area contributed by atoms with Crippen molar-refractivity contribution in [2.75, 3.05) is 6.67 Å². The van der Waals surface area contributed by atoms with Crippen LogP contribution in [0.4, 0.5) is 22.0 Å². The minimum atomic E-state index is -3.00. The van der Waals surface area contributed by atoms with Gasteiger partial charge in [-0.1, -0.05) is 24.6 Å².